The van der Waals surface area contributed by atoms with Crippen LogP contribution in [0.15, 0.2) is 18.2 Å². The van der Waals surface area contributed by atoms with Crippen LogP contribution >= 0.6 is 0 Å². The van der Waals surface area contributed by atoms with Gasteiger partial charge in [-0.15, -0.1) is 0 Å². The van der Waals surface area contributed by atoms with Crippen LogP contribution in [0.3, 0.4) is 0 Å². The van der Waals surface area contributed by atoms with Crippen LogP contribution in [0.5, 0.6) is 0 Å². The summed E-state index contributed by atoms with van der Waals surface area (Å²) in [5.41, 5.74) is 1.83. The van der Waals surface area contributed by atoms with Gasteiger partial charge in [0.05, 0.1) is 12.7 Å². The minimum absolute atomic E-state index is 0.135. The highest BCUT2D eigenvalue weighted by atomic mass is 19.1. The topological polar surface area (TPSA) is 24.5 Å². The van der Waals surface area contributed by atoms with Crippen LogP contribution < -0.4 is 5.32 Å². The lowest BCUT2D eigenvalue weighted by Gasteiger charge is -2.33. The lowest BCUT2D eigenvalue weighted by Crippen LogP contribution is -2.47. The van der Waals surface area contributed by atoms with E-state index in [1.165, 1.54) is 18.9 Å². The van der Waals surface area contributed by atoms with E-state index in [4.69, 9.17) is 4.74 Å². The molecule has 3 nitrogen and oxygen atoms in total. The number of hydrogen-bond acceptors (Lipinski definition) is 3. The minimum Gasteiger partial charge on any atom is -0.374 e. The monoisotopic (exact) mass is 278 g/mol. The predicted octanol–water partition coefficient (Wildman–Crippen LogP) is 2.09. The van der Waals surface area contributed by atoms with Gasteiger partial charge >= 0.3 is 0 Å². The van der Waals surface area contributed by atoms with Crippen molar-refractivity contribution in [3.05, 3.63) is 35.1 Å². The van der Waals surface area contributed by atoms with E-state index < -0.39 is 0 Å². The summed E-state index contributed by atoms with van der Waals surface area (Å²) in [5.74, 6) is -0.135. The number of morpholine rings is 1. The quantitative estimate of drug-likeness (QED) is 0.892. The molecule has 0 radical (unpaired) electrons. The third kappa shape index (κ3) is 3.57. The first-order valence-electron chi connectivity index (χ1n) is 7.54. The van der Waals surface area contributed by atoms with Gasteiger partial charge < -0.3 is 10.1 Å². The van der Waals surface area contributed by atoms with Crippen LogP contribution in [0.25, 0.3) is 0 Å². The average Bonchev–Trinajstić information content (AvgIpc) is 3.28. The molecule has 20 heavy (non-hydrogen) atoms. The van der Waals surface area contributed by atoms with Gasteiger partial charge in [-0.25, -0.2) is 4.39 Å². The van der Waals surface area contributed by atoms with E-state index in [-0.39, 0.29) is 11.9 Å². The molecule has 3 rings (SSSR count). The molecule has 1 aromatic carbocycles. The van der Waals surface area contributed by atoms with Crippen molar-refractivity contribution in [2.24, 2.45) is 0 Å². The second-order valence-electron chi connectivity index (χ2n) is 5.93. The molecular formula is C16H23FN2O. The number of nitrogens with zero attached hydrogens (tertiary/aromatic N) is 1. The summed E-state index contributed by atoms with van der Waals surface area (Å²) >= 11 is 0. The fraction of sp³-hybridized carbons (Fsp3) is 0.625. The van der Waals surface area contributed by atoms with E-state index in [2.05, 4.69) is 10.2 Å². The highest BCUT2D eigenvalue weighted by Gasteiger charge is 2.32. The van der Waals surface area contributed by atoms with Gasteiger partial charge in [0, 0.05) is 32.2 Å². The molecular weight excluding hydrogens is 255 g/mol. The maximum Gasteiger partial charge on any atom is 0.126 e. The van der Waals surface area contributed by atoms with E-state index >= 15 is 0 Å². The first-order valence-corrected chi connectivity index (χ1v) is 7.54. The fourth-order valence-corrected chi connectivity index (χ4v) is 2.83. The Kier molecular flexibility index (Phi) is 4.34. The SMILES string of the molecule is Cc1cc(CNCC2CN(C3CC3)CCO2)ccc1F. The Hall–Kier alpha value is -0.970. The number of benzene rings is 1. The summed E-state index contributed by atoms with van der Waals surface area (Å²) in [6.45, 7) is 6.40. The molecule has 0 spiro atoms. The third-order valence-corrected chi connectivity index (χ3v) is 4.16. The molecule has 110 valence electrons. The van der Waals surface area contributed by atoms with Gasteiger partial charge in [-0.05, 0) is 37.0 Å². The summed E-state index contributed by atoms with van der Waals surface area (Å²) < 4.78 is 19.0. The molecule has 0 aromatic heterocycles. The van der Waals surface area contributed by atoms with Crippen LogP contribution in [0.1, 0.15) is 24.0 Å². The minimum atomic E-state index is -0.135. The normalized spacial score (nSPS) is 24.0. The van der Waals surface area contributed by atoms with Gasteiger partial charge in [0.15, 0.2) is 0 Å². The molecule has 1 aliphatic carbocycles. The predicted molar refractivity (Wildman–Crippen MR) is 77.2 cm³/mol. The summed E-state index contributed by atoms with van der Waals surface area (Å²) in [7, 11) is 0. The summed E-state index contributed by atoms with van der Waals surface area (Å²) in [5, 5.41) is 3.42. The number of nitrogens with one attached hydrogen (secondary N) is 1. The van der Waals surface area contributed by atoms with Crippen molar-refractivity contribution in [3.63, 3.8) is 0 Å². The van der Waals surface area contributed by atoms with Crippen molar-refractivity contribution < 1.29 is 9.13 Å². The zero-order valence-electron chi connectivity index (χ0n) is 12.1. The van der Waals surface area contributed by atoms with Gasteiger partial charge in [0.2, 0.25) is 0 Å². The standard InChI is InChI=1S/C16H23FN2O/c1-12-8-13(2-5-16(12)17)9-18-10-15-11-19(6-7-20-15)14-3-4-14/h2,5,8,14-15,18H,3-4,6-7,9-11H2,1H3. The van der Waals surface area contributed by atoms with Crippen molar-refractivity contribution >= 4 is 0 Å². The van der Waals surface area contributed by atoms with E-state index in [1.54, 1.807) is 6.92 Å². The maximum absolute atomic E-state index is 13.2. The van der Waals surface area contributed by atoms with E-state index in [1.807, 2.05) is 12.1 Å². The number of ether oxygens (including phenoxy) is 1. The Morgan fingerprint density at radius 2 is 2.25 bits per heavy atom. The summed E-state index contributed by atoms with van der Waals surface area (Å²) in [6, 6.07) is 6.10. The van der Waals surface area contributed by atoms with E-state index in [9.17, 15) is 4.39 Å². The Morgan fingerprint density at radius 1 is 1.40 bits per heavy atom. The van der Waals surface area contributed by atoms with Crippen molar-refractivity contribution in [3.8, 4) is 0 Å². The second kappa shape index (κ2) is 6.20. The lowest BCUT2D eigenvalue weighted by molar-refractivity contribution is -0.0301. The Balaban J connectivity index is 1.43. The molecule has 2 fully saturated rings. The molecule has 0 amide bonds. The molecule has 1 unspecified atom stereocenters. The molecule has 1 saturated heterocycles. The molecule has 2 aliphatic rings. The number of aryl methyl sites for hydroxylation is 1. The zero-order valence-corrected chi connectivity index (χ0v) is 12.1. The fourth-order valence-electron chi connectivity index (χ4n) is 2.83. The van der Waals surface area contributed by atoms with E-state index in [0.29, 0.717) is 5.56 Å². The van der Waals surface area contributed by atoms with Crippen LogP contribution in [0.2, 0.25) is 0 Å². The highest BCUT2D eigenvalue weighted by molar-refractivity contribution is 5.23. The molecule has 1 saturated carbocycles. The first kappa shape index (κ1) is 14.0. The molecule has 1 N–H and O–H groups in total. The lowest BCUT2D eigenvalue weighted by atomic mass is 10.1. The van der Waals surface area contributed by atoms with Crippen LogP contribution in [0.4, 0.5) is 4.39 Å². The molecule has 4 heteroatoms. The van der Waals surface area contributed by atoms with Crippen LogP contribution in [-0.4, -0.2) is 43.3 Å². The van der Waals surface area contributed by atoms with Crippen LogP contribution in [0, 0.1) is 12.7 Å². The average molecular weight is 278 g/mol. The second-order valence-corrected chi connectivity index (χ2v) is 5.93. The Bertz CT molecular complexity index is 462. The van der Waals surface area contributed by atoms with Crippen molar-refractivity contribution in [2.75, 3.05) is 26.2 Å². The van der Waals surface area contributed by atoms with Crippen LogP contribution in [-0.2, 0) is 11.3 Å². The number of halogens is 1. The largest absolute Gasteiger partial charge is 0.374 e. The van der Waals surface area contributed by atoms with Gasteiger partial charge in [-0.2, -0.15) is 0 Å². The van der Waals surface area contributed by atoms with Crippen molar-refractivity contribution in [1.29, 1.82) is 0 Å². The first-order chi connectivity index (χ1) is 9.72. The highest BCUT2D eigenvalue weighted by Crippen LogP contribution is 2.28. The molecule has 1 heterocycles. The third-order valence-electron chi connectivity index (χ3n) is 4.16. The molecule has 1 atom stereocenters. The van der Waals surface area contributed by atoms with Crippen molar-refractivity contribution in [1.82, 2.24) is 10.2 Å². The van der Waals surface area contributed by atoms with Gasteiger partial charge in [-0.3, -0.25) is 4.90 Å². The molecule has 1 aliphatic heterocycles. The maximum atomic E-state index is 13.2. The smallest absolute Gasteiger partial charge is 0.126 e. The van der Waals surface area contributed by atoms with Gasteiger partial charge in [0.25, 0.3) is 0 Å². The van der Waals surface area contributed by atoms with Gasteiger partial charge in [0.1, 0.15) is 5.82 Å². The Morgan fingerprint density at radius 3 is 3.00 bits per heavy atom. The number of hydrogen-bond donors (Lipinski definition) is 1. The van der Waals surface area contributed by atoms with E-state index in [0.717, 1.165) is 44.4 Å². The zero-order chi connectivity index (χ0) is 13.9. The summed E-state index contributed by atoms with van der Waals surface area (Å²) in [6.07, 6.45) is 3.00. The Labute approximate surface area is 120 Å². The molecule has 0 bridgehead atoms. The molecule has 1 aromatic rings. The van der Waals surface area contributed by atoms with Crippen molar-refractivity contribution in [2.45, 2.75) is 38.5 Å². The number of rotatable bonds is 5. The summed E-state index contributed by atoms with van der Waals surface area (Å²) in [4.78, 5) is 2.55. The van der Waals surface area contributed by atoms with Gasteiger partial charge in [-0.1, -0.05) is 12.1 Å².